The van der Waals surface area contributed by atoms with Crippen molar-refractivity contribution in [2.75, 3.05) is 13.2 Å². The van der Waals surface area contributed by atoms with Crippen LogP contribution in [0, 0.1) is 0 Å². The van der Waals surface area contributed by atoms with E-state index in [1.165, 1.54) is 0 Å². The lowest BCUT2D eigenvalue weighted by molar-refractivity contribution is -0.139. The minimum Gasteiger partial charge on any atom is -0.467 e. The lowest BCUT2D eigenvalue weighted by Crippen LogP contribution is -2.60. The maximum Gasteiger partial charge on any atom is 0.469 e. The van der Waals surface area contributed by atoms with E-state index in [0.29, 0.717) is 54.9 Å². The molecular formula is C43H100O12Si10. The Kier molecular flexibility index (Phi) is 28.8. The Morgan fingerprint density at radius 3 is 0.723 bits per heavy atom. The Morgan fingerprint density at radius 1 is 0.369 bits per heavy atom. The van der Waals surface area contributed by atoms with E-state index in [0.717, 1.165) is 0 Å². The van der Waals surface area contributed by atoms with Crippen LogP contribution in [0.25, 0.3) is 0 Å². The average molecular weight is 1090 g/mol. The van der Waals surface area contributed by atoms with Crippen LogP contribution >= 0.6 is 0 Å². The van der Waals surface area contributed by atoms with Gasteiger partial charge in [-0.1, -0.05) is 59.0 Å². The van der Waals surface area contributed by atoms with Crippen LogP contribution in [0.5, 0.6) is 0 Å². The zero-order valence-corrected chi connectivity index (χ0v) is 56.8. The summed E-state index contributed by atoms with van der Waals surface area (Å²) >= 11 is 0. The Labute approximate surface area is 410 Å². The molecule has 0 aliphatic heterocycles. The monoisotopic (exact) mass is 1090 g/mol. The molecule has 0 amide bonds. The largest absolute Gasteiger partial charge is 0.469 e. The molecule has 0 fully saturated rings. The molecule has 12 nitrogen and oxygen atoms in total. The van der Waals surface area contributed by atoms with E-state index in [1.54, 1.807) is 20.8 Å². The topological polar surface area (TPSA) is 134 Å². The lowest BCUT2D eigenvalue weighted by atomic mass is 10.4. The van der Waals surface area contributed by atoms with E-state index in [1.807, 2.05) is 0 Å². The van der Waals surface area contributed by atoms with Crippen molar-refractivity contribution >= 4 is 102 Å². The second-order valence-corrected chi connectivity index (χ2v) is 70.1. The lowest BCUT2D eigenvalue weighted by Gasteiger charge is -2.43. The average Bonchev–Trinajstić information content (AvgIpc) is 2.97. The van der Waals surface area contributed by atoms with Crippen LogP contribution in [0.4, 0.5) is 0 Å². The molecule has 0 aromatic rings. The molecule has 0 radical (unpaired) electrons. The number of carbonyl (C=O) groups excluding carboxylic acids is 3. The van der Waals surface area contributed by atoms with Gasteiger partial charge in [-0.3, -0.25) is 0 Å². The number of carbonyl (C=O) groups is 3. The molecule has 0 aliphatic carbocycles. The fourth-order valence-electron chi connectivity index (χ4n) is 6.24. The second-order valence-electron chi connectivity index (χ2n) is 25.0. The molecule has 22 heteroatoms. The molecule has 0 rings (SSSR count). The van der Waals surface area contributed by atoms with Gasteiger partial charge in [0.25, 0.3) is 0 Å². The summed E-state index contributed by atoms with van der Waals surface area (Å²) in [4.78, 5) is 34.7. The minimum absolute atomic E-state index is 0.161. The van der Waals surface area contributed by atoms with E-state index >= 15 is 0 Å². The van der Waals surface area contributed by atoms with Crippen LogP contribution in [0.3, 0.4) is 0 Å². The zero-order chi connectivity index (χ0) is 52.6. The van der Waals surface area contributed by atoms with Gasteiger partial charge in [0.1, 0.15) is 0 Å². The summed E-state index contributed by atoms with van der Waals surface area (Å²) in [5, 5.41) is 0.161. The van der Waals surface area contributed by atoms with Crippen molar-refractivity contribution in [1.29, 1.82) is 0 Å². The number of ether oxygens (including phenoxy) is 3. The van der Waals surface area contributed by atoms with Crippen LogP contribution in [0.2, 0.25) is 169 Å². The van der Waals surface area contributed by atoms with Gasteiger partial charge in [0, 0.05) is 28.8 Å². The maximum absolute atomic E-state index is 11.6. The molecule has 0 saturated carbocycles. The summed E-state index contributed by atoms with van der Waals surface area (Å²) in [6.07, 6.45) is 1.34. The molecular weight excluding hydrogens is 989 g/mol. The van der Waals surface area contributed by atoms with E-state index in [9.17, 15) is 14.4 Å². The van der Waals surface area contributed by atoms with E-state index < -0.39 is 83.7 Å². The van der Waals surface area contributed by atoms with Gasteiger partial charge in [0.05, 0.1) is 34.7 Å². The predicted octanol–water partition coefficient (Wildman–Crippen LogP) is 13.2. The third kappa shape index (κ3) is 38.1. The quantitative estimate of drug-likeness (QED) is 0.0268. The van der Waals surface area contributed by atoms with Gasteiger partial charge in [-0.2, -0.15) is 0 Å². The third-order valence-corrected chi connectivity index (χ3v) is 40.0. The zero-order valence-electron chi connectivity index (χ0n) is 46.8. The van der Waals surface area contributed by atoms with Crippen LogP contribution in [-0.4, -0.2) is 120 Å². The van der Waals surface area contributed by atoms with Gasteiger partial charge < -0.3 is 38.9 Å². The van der Waals surface area contributed by atoms with Crippen molar-refractivity contribution in [3.8, 4) is 0 Å². The van der Waals surface area contributed by atoms with Crippen LogP contribution < -0.4 is 0 Å². The number of rotatable bonds is 26. The van der Waals surface area contributed by atoms with Gasteiger partial charge in [0.2, 0.25) is 0 Å². The summed E-state index contributed by atoms with van der Waals surface area (Å²) in [6.45, 7) is 69.0. The van der Waals surface area contributed by atoms with Gasteiger partial charge in [-0.05, 0) is 151 Å². The van der Waals surface area contributed by atoms with Crippen molar-refractivity contribution in [1.82, 2.24) is 0 Å². The molecule has 0 spiro atoms. The molecule has 0 saturated heterocycles. The number of hydrogen-bond acceptors (Lipinski definition) is 12. The number of hydrogen-bond donors (Lipinski definition) is 0. The van der Waals surface area contributed by atoms with Crippen LogP contribution in [0.1, 0.15) is 33.6 Å². The maximum atomic E-state index is 11.6. The Bertz CT molecular complexity index is 1350. The summed E-state index contributed by atoms with van der Waals surface area (Å²) in [6, 6.07) is 1.35. The molecule has 384 valence electrons. The summed E-state index contributed by atoms with van der Waals surface area (Å²) in [7, 11) is -19.7. The summed E-state index contributed by atoms with van der Waals surface area (Å²) in [5.74, 6) is -0.934. The molecule has 0 atom stereocenters. The molecule has 0 unspecified atom stereocenters. The SMILES string of the molecule is C=C(C)C(=O)OC([Si](C)(C)C)[Si](C)(C)C.C=C(C)C(=O)OCCC[Si](O[Si](C)(C)C)(O[Si](C)(C)C)O[Si](C)(C)C.C=C(C)C(=O)OCCC[Si](O[Si](C)(C)C)(O[Si](C)(C)C)O[Si](C)(C)C. The molecule has 65 heavy (non-hydrogen) atoms. The van der Waals surface area contributed by atoms with Crippen molar-refractivity contribution in [3.05, 3.63) is 36.5 Å². The normalized spacial score (nSPS) is 13.5. The molecule has 0 heterocycles. The fraction of sp³-hybridized carbons (Fsp3) is 0.791. The highest BCUT2D eigenvalue weighted by molar-refractivity contribution is 6.96. The van der Waals surface area contributed by atoms with Crippen molar-refractivity contribution in [3.63, 3.8) is 0 Å². The van der Waals surface area contributed by atoms with Gasteiger partial charge in [-0.15, -0.1) is 0 Å². The van der Waals surface area contributed by atoms with Crippen LogP contribution in [-0.2, 0) is 53.3 Å². The number of esters is 3. The first-order chi connectivity index (χ1) is 28.4. The molecule has 0 N–H and O–H groups in total. The first-order valence-corrected chi connectivity index (χ1v) is 54.6. The Balaban J connectivity index is -0.000000918. The molecule has 0 aliphatic rings. The standard InChI is InChI=1S/2C16H38O5Si4.C11H24O2Si2/c2*1-15(2)16(17)18-13-12-14-25(19-22(3,4)5,20-23(6,7)8)21-24(9,10)11;1-9(2)10(12)13-11(14(3,4)5)15(6,7)8/h2*1,12-14H2,2-11H3;11H,1H2,2-8H3. The highest BCUT2D eigenvalue weighted by Crippen LogP contribution is 2.32. The van der Waals surface area contributed by atoms with Gasteiger partial charge in [0.15, 0.2) is 49.9 Å². The predicted molar refractivity (Wildman–Crippen MR) is 300 cm³/mol. The fourth-order valence-corrected chi connectivity index (χ4v) is 46.8. The van der Waals surface area contributed by atoms with Crippen molar-refractivity contribution in [2.24, 2.45) is 0 Å². The molecule has 0 aromatic carbocycles. The minimum atomic E-state index is -2.83. The van der Waals surface area contributed by atoms with Gasteiger partial charge >= 0.3 is 35.5 Å². The molecule has 0 bridgehead atoms. The highest BCUT2D eigenvalue weighted by Gasteiger charge is 2.51. The highest BCUT2D eigenvalue weighted by atomic mass is 28.5. The Morgan fingerprint density at radius 2 is 0.569 bits per heavy atom. The summed E-state index contributed by atoms with van der Waals surface area (Å²) in [5.41, 5.74) is 1.33. The third-order valence-electron chi connectivity index (χ3n) is 7.33. The van der Waals surface area contributed by atoms with Gasteiger partial charge in [-0.25, -0.2) is 14.4 Å². The van der Waals surface area contributed by atoms with E-state index in [4.69, 9.17) is 38.9 Å². The van der Waals surface area contributed by atoms with Crippen molar-refractivity contribution in [2.45, 2.75) is 208 Å². The first-order valence-electron chi connectivity index (χ1n) is 23.1. The summed E-state index contributed by atoms with van der Waals surface area (Å²) < 4.78 is 55.6. The second kappa shape index (κ2) is 27.2. The van der Waals surface area contributed by atoms with Crippen molar-refractivity contribution < 1.29 is 53.3 Å². The Hall–Kier alpha value is -0.441. The first kappa shape index (κ1) is 68.8. The van der Waals surface area contributed by atoms with Crippen LogP contribution in [0.15, 0.2) is 36.5 Å². The van der Waals surface area contributed by atoms with E-state index in [-0.39, 0.29) is 23.3 Å². The smallest absolute Gasteiger partial charge is 0.467 e. The molecule has 0 aromatic heterocycles. The van der Waals surface area contributed by atoms with E-state index in [2.05, 4.69) is 177 Å².